The average molecular weight is 307 g/mol. The standard InChI is InChI=1S/C18H17N3O2/c1-23-16-9-5-2-6-13(16)10-11-19-18(22)17-14-7-3-4-8-15(14)20-12-21-17/h2-9,12H,10-11H2,1H3,(H,19,22). The van der Waals surface area contributed by atoms with Gasteiger partial charge in [0.1, 0.15) is 17.8 Å². The molecule has 1 N–H and O–H groups in total. The Kier molecular flexibility index (Phi) is 4.47. The van der Waals surface area contributed by atoms with Crippen LogP contribution in [0.15, 0.2) is 54.9 Å². The van der Waals surface area contributed by atoms with Crippen LogP contribution in [0.3, 0.4) is 0 Å². The van der Waals surface area contributed by atoms with Gasteiger partial charge in [-0.2, -0.15) is 0 Å². The Morgan fingerprint density at radius 1 is 1.09 bits per heavy atom. The lowest BCUT2D eigenvalue weighted by Gasteiger charge is -2.09. The van der Waals surface area contributed by atoms with Gasteiger partial charge >= 0.3 is 0 Å². The summed E-state index contributed by atoms with van der Waals surface area (Å²) in [5, 5.41) is 3.66. The second-order valence-corrected chi connectivity index (χ2v) is 5.06. The topological polar surface area (TPSA) is 64.1 Å². The zero-order valence-corrected chi connectivity index (χ0v) is 12.8. The molecule has 0 bridgehead atoms. The lowest BCUT2D eigenvalue weighted by atomic mass is 10.1. The highest BCUT2D eigenvalue weighted by Crippen LogP contribution is 2.17. The summed E-state index contributed by atoms with van der Waals surface area (Å²) in [6.45, 7) is 0.511. The SMILES string of the molecule is COc1ccccc1CCNC(=O)c1ncnc2ccccc12. The Hall–Kier alpha value is -2.95. The third-order valence-corrected chi connectivity index (χ3v) is 3.63. The molecule has 23 heavy (non-hydrogen) atoms. The molecule has 1 amide bonds. The van der Waals surface area contributed by atoms with E-state index in [1.807, 2.05) is 48.5 Å². The third kappa shape index (κ3) is 3.29. The lowest BCUT2D eigenvalue weighted by molar-refractivity contribution is 0.0951. The molecule has 3 aromatic rings. The summed E-state index contributed by atoms with van der Waals surface area (Å²) in [6.07, 6.45) is 2.11. The molecule has 5 heteroatoms. The van der Waals surface area contributed by atoms with E-state index in [1.165, 1.54) is 6.33 Å². The highest BCUT2D eigenvalue weighted by atomic mass is 16.5. The van der Waals surface area contributed by atoms with Crippen molar-refractivity contribution in [1.82, 2.24) is 15.3 Å². The fraction of sp³-hybridized carbons (Fsp3) is 0.167. The summed E-state index contributed by atoms with van der Waals surface area (Å²) < 4.78 is 5.31. The van der Waals surface area contributed by atoms with Gasteiger partial charge in [0.2, 0.25) is 0 Å². The fourth-order valence-electron chi connectivity index (χ4n) is 2.49. The number of aromatic nitrogens is 2. The maximum Gasteiger partial charge on any atom is 0.270 e. The van der Waals surface area contributed by atoms with E-state index in [2.05, 4.69) is 15.3 Å². The molecule has 0 aliphatic heterocycles. The van der Waals surface area contributed by atoms with Crippen molar-refractivity contribution in [2.75, 3.05) is 13.7 Å². The first-order valence-corrected chi connectivity index (χ1v) is 7.39. The molecule has 5 nitrogen and oxygen atoms in total. The van der Waals surface area contributed by atoms with Crippen LogP contribution in [0.4, 0.5) is 0 Å². The molecule has 1 aromatic heterocycles. The van der Waals surface area contributed by atoms with Crippen LogP contribution >= 0.6 is 0 Å². The Morgan fingerprint density at radius 3 is 2.74 bits per heavy atom. The molecule has 0 aliphatic carbocycles. The summed E-state index contributed by atoms with van der Waals surface area (Å²) in [7, 11) is 1.64. The van der Waals surface area contributed by atoms with E-state index < -0.39 is 0 Å². The quantitative estimate of drug-likeness (QED) is 0.787. The minimum atomic E-state index is -0.196. The van der Waals surface area contributed by atoms with E-state index >= 15 is 0 Å². The molecule has 0 saturated heterocycles. The zero-order chi connectivity index (χ0) is 16.1. The number of methoxy groups -OCH3 is 1. The largest absolute Gasteiger partial charge is 0.496 e. The van der Waals surface area contributed by atoms with Crippen LogP contribution in [0.1, 0.15) is 16.1 Å². The zero-order valence-electron chi connectivity index (χ0n) is 12.8. The van der Waals surface area contributed by atoms with Gasteiger partial charge in [-0.05, 0) is 24.1 Å². The molecule has 116 valence electrons. The van der Waals surface area contributed by atoms with Crippen LogP contribution in [0.25, 0.3) is 10.9 Å². The summed E-state index contributed by atoms with van der Waals surface area (Å²) in [5.74, 6) is 0.632. The van der Waals surface area contributed by atoms with E-state index in [1.54, 1.807) is 7.11 Å². The van der Waals surface area contributed by atoms with Crippen molar-refractivity contribution in [3.05, 3.63) is 66.1 Å². The Labute approximate surface area is 134 Å². The van der Waals surface area contributed by atoms with Crippen molar-refractivity contribution in [3.8, 4) is 5.75 Å². The normalized spacial score (nSPS) is 10.5. The second kappa shape index (κ2) is 6.87. The van der Waals surface area contributed by atoms with E-state index in [0.29, 0.717) is 18.7 Å². The van der Waals surface area contributed by atoms with Crippen molar-refractivity contribution in [2.45, 2.75) is 6.42 Å². The number of carbonyl (C=O) groups is 1. The molecule has 0 saturated carbocycles. The van der Waals surface area contributed by atoms with Crippen LogP contribution in [-0.4, -0.2) is 29.5 Å². The molecule has 0 spiro atoms. The highest BCUT2D eigenvalue weighted by molar-refractivity contribution is 6.04. The number of fused-ring (bicyclic) bond motifs is 1. The van der Waals surface area contributed by atoms with Crippen LogP contribution in [0.5, 0.6) is 5.75 Å². The fourth-order valence-corrected chi connectivity index (χ4v) is 2.49. The predicted molar refractivity (Wildman–Crippen MR) is 88.6 cm³/mol. The van der Waals surface area contributed by atoms with Gasteiger partial charge < -0.3 is 10.1 Å². The van der Waals surface area contributed by atoms with Gasteiger partial charge in [0.05, 0.1) is 12.6 Å². The molecule has 3 rings (SSSR count). The summed E-state index contributed by atoms with van der Waals surface area (Å²) >= 11 is 0. The third-order valence-electron chi connectivity index (χ3n) is 3.63. The Balaban J connectivity index is 1.70. The second-order valence-electron chi connectivity index (χ2n) is 5.06. The molecule has 0 fully saturated rings. The van der Waals surface area contributed by atoms with Crippen LogP contribution in [0, 0.1) is 0 Å². The minimum Gasteiger partial charge on any atom is -0.496 e. The van der Waals surface area contributed by atoms with Crippen LogP contribution in [0.2, 0.25) is 0 Å². The maximum absolute atomic E-state index is 12.4. The maximum atomic E-state index is 12.4. The number of carbonyl (C=O) groups excluding carboxylic acids is 1. The molecular formula is C18H17N3O2. The smallest absolute Gasteiger partial charge is 0.270 e. The van der Waals surface area contributed by atoms with Gasteiger partial charge in [-0.25, -0.2) is 9.97 Å². The van der Waals surface area contributed by atoms with Gasteiger partial charge in [-0.1, -0.05) is 36.4 Å². The van der Waals surface area contributed by atoms with Crippen LogP contribution in [-0.2, 0) is 6.42 Å². The molecule has 0 aliphatic rings. The van der Waals surface area contributed by atoms with Gasteiger partial charge in [0, 0.05) is 11.9 Å². The van der Waals surface area contributed by atoms with Crippen molar-refractivity contribution in [2.24, 2.45) is 0 Å². The van der Waals surface area contributed by atoms with Crippen molar-refractivity contribution in [1.29, 1.82) is 0 Å². The minimum absolute atomic E-state index is 0.196. The first-order chi connectivity index (χ1) is 11.3. The number of para-hydroxylation sites is 2. The van der Waals surface area contributed by atoms with Gasteiger partial charge in [0.25, 0.3) is 5.91 Å². The first-order valence-electron chi connectivity index (χ1n) is 7.39. The molecule has 2 aromatic carbocycles. The van der Waals surface area contributed by atoms with Gasteiger partial charge in [-0.15, -0.1) is 0 Å². The number of hydrogen-bond acceptors (Lipinski definition) is 4. The number of nitrogens with one attached hydrogen (secondary N) is 1. The van der Waals surface area contributed by atoms with Crippen molar-refractivity contribution in [3.63, 3.8) is 0 Å². The van der Waals surface area contributed by atoms with E-state index in [-0.39, 0.29) is 5.91 Å². The predicted octanol–water partition coefficient (Wildman–Crippen LogP) is 2.61. The molecule has 0 unspecified atom stereocenters. The number of benzene rings is 2. The Bertz CT molecular complexity index is 828. The molecule has 1 heterocycles. The number of amides is 1. The molecule has 0 radical (unpaired) electrons. The van der Waals surface area contributed by atoms with E-state index in [4.69, 9.17) is 4.74 Å². The number of rotatable bonds is 5. The highest BCUT2D eigenvalue weighted by Gasteiger charge is 2.11. The molecule has 0 atom stereocenters. The number of nitrogens with zero attached hydrogens (tertiary/aromatic N) is 2. The van der Waals surface area contributed by atoms with Crippen molar-refractivity contribution >= 4 is 16.8 Å². The van der Waals surface area contributed by atoms with E-state index in [0.717, 1.165) is 22.2 Å². The monoisotopic (exact) mass is 307 g/mol. The van der Waals surface area contributed by atoms with Crippen LogP contribution < -0.4 is 10.1 Å². The summed E-state index contributed by atoms with van der Waals surface area (Å²) in [4.78, 5) is 20.7. The Morgan fingerprint density at radius 2 is 1.87 bits per heavy atom. The first kappa shape index (κ1) is 15.0. The number of ether oxygens (including phenoxy) is 1. The van der Waals surface area contributed by atoms with E-state index in [9.17, 15) is 4.79 Å². The summed E-state index contributed by atoms with van der Waals surface area (Å²) in [5.41, 5.74) is 2.22. The lowest BCUT2D eigenvalue weighted by Crippen LogP contribution is -2.27. The summed E-state index contributed by atoms with van der Waals surface area (Å²) in [6, 6.07) is 15.3. The van der Waals surface area contributed by atoms with Gasteiger partial charge in [0.15, 0.2) is 0 Å². The van der Waals surface area contributed by atoms with Crippen molar-refractivity contribution < 1.29 is 9.53 Å². The van der Waals surface area contributed by atoms with Gasteiger partial charge in [-0.3, -0.25) is 4.79 Å². The molecular weight excluding hydrogens is 290 g/mol. The average Bonchev–Trinajstić information content (AvgIpc) is 2.61. The number of hydrogen-bond donors (Lipinski definition) is 1.